The van der Waals surface area contributed by atoms with Crippen molar-refractivity contribution in [3.63, 3.8) is 0 Å². The van der Waals surface area contributed by atoms with Crippen LogP contribution in [0, 0.1) is 5.92 Å². The standard InChI is InChI=1S/C19H35N5O8/c1-5-8(2)13(22-16(28)11(20)6-7-12(21)27)17(29)23-14(9(3)25)18(30)24-15(10(4)26)19(31)32/h8-11,13-15,25-26H,5-7,20H2,1-4H3,(H2,21,27)(H,22,28)(H,23,29)(H,24,30)(H,31,32). The number of carboxylic acid groups (broad SMARTS) is 1. The molecule has 7 atom stereocenters. The maximum Gasteiger partial charge on any atom is 0.328 e. The highest BCUT2D eigenvalue weighted by Gasteiger charge is 2.35. The largest absolute Gasteiger partial charge is 0.480 e. The van der Waals surface area contributed by atoms with Gasteiger partial charge in [-0.15, -0.1) is 0 Å². The van der Waals surface area contributed by atoms with Crippen molar-refractivity contribution in [2.45, 2.75) is 83.3 Å². The van der Waals surface area contributed by atoms with Gasteiger partial charge in [0.15, 0.2) is 6.04 Å². The second-order valence-corrected chi connectivity index (χ2v) is 7.78. The van der Waals surface area contributed by atoms with Crippen LogP contribution in [-0.4, -0.2) is 81.3 Å². The predicted octanol–water partition coefficient (Wildman–Crippen LogP) is -3.07. The smallest absolute Gasteiger partial charge is 0.328 e. The summed E-state index contributed by atoms with van der Waals surface area (Å²) in [6, 6.07) is -5.45. The SMILES string of the molecule is CCC(C)C(NC(=O)C(N)CCC(N)=O)C(=O)NC(C(=O)NC(C(=O)O)C(C)O)C(C)O. The summed E-state index contributed by atoms with van der Waals surface area (Å²) < 4.78 is 0. The van der Waals surface area contributed by atoms with Crippen molar-refractivity contribution < 1.29 is 39.3 Å². The Labute approximate surface area is 186 Å². The predicted molar refractivity (Wildman–Crippen MR) is 113 cm³/mol. The number of nitrogens with one attached hydrogen (secondary N) is 3. The van der Waals surface area contributed by atoms with Crippen LogP contribution in [-0.2, 0) is 24.0 Å². The zero-order valence-corrected chi connectivity index (χ0v) is 18.7. The Morgan fingerprint density at radius 3 is 1.66 bits per heavy atom. The molecule has 10 N–H and O–H groups in total. The highest BCUT2D eigenvalue weighted by atomic mass is 16.4. The molecule has 0 rings (SSSR count). The number of aliphatic hydroxyl groups excluding tert-OH is 2. The van der Waals surface area contributed by atoms with Crippen LogP contribution in [0.3, 0.4) is 0 Å². The molecule has 0 aromatic rings. The Morgan fingerprint density at radius 2 is 1.25 bits per heavy atom. The van der Waals surface area contributed by atoms with E-state index in [2.05, 4.69) is 16.0 Å². The van der Waals surface area contributed by atoms with E-state index < -0.39 is 71.9 Å². The van der Waals surface area contributed by atoms with Crippen molar-refractivity contribution >= 4 is 29.6 Å². The van der Waals surface area contributed by atoms with Crippen LogP contribution in [0.1, 0.15) is 47.0 Å². The van der Waals surface area contributed by atoms with Gasteiger partial charge in [0.2, 0.25) is 23.6 Å². The summed E-state index contributed by atoms with van der Waals surface area (Å²) in [6.45, 7) is 5.80. The summed E-state index contributed by atoms with van der Waals surface area (Å²) in [4.78, 5) is 59.7. The number of carboxylic acids is 1. The number of aliphatic carboxylic acids is 1. The van der Waals surface area contributed by atoms with Crippen LogP contribution in [0.4, 0.5) is 0 Å². The molecule has 184 valence electrons. The van der Waals surface area contributed by atoms with Crippen LogP contribution in [0.25, 0.3) is 0 Å². The van der Waals surface area contributed by atoms with Gasteiger partial charge >= 0.3 is 5.97 Å². The van der Waals surface area contributed by atoms with Gasteiger partial charge in [-0.2, -0.15) is 0 Å². The molecule has 0 aromatic carbocycles. The van der Waals surface area contributed by atoms with E-state index in [1.54, 1.807) is 13.8 Å². The highest BCUT2D eigenvalue weighted by molar-refractivity contribution is 5.94. The third-order valence-corrected chi connectivity index (χ3v) is 4.94. The van der Waals surface area contributed by atoms with E-state index in [0.29, 0.717) is 6.42 Å². The minimum absolute atomic E-state index is 0.0232. The molecule has 0 bridgehead atoms. The van der Waals surface area contributed by atoms with Crippen LogP contribution >= 0.6 is 0 Å². The van der Waals surface area contributed by atoms with E-state index in [9.17, 15) is 34.2 Å². The van der Waals surface area contributed by atoms with Gasteiger partial charge < -0.3 is 42.7 Å². The van der Waals surface area contributed by atoms with Crippen molar-refractivity contribution in [1.82, 2.24) is 16.0 Å². The Kier molecular flexibility index (Phi) is 12.4. The summed E-state index contributed by atoms with van der Waals surface area (Å²) in [5, 5.41) is 35.4. The molecule has 32 heavy (non-hydrogen) atoms. The van der Waals surface area contributed by atoms with Gasteiger partial charge in [-0.1, -0.05) is 20.3 Å². The number of primary amides is 1. The lowest BCUT2D eigenvalue weighted by molar-refractivity contribution is -0.146. The van der Waals surface area contributed by atoms with Gasteiger partial charge in [0.05, 0.1) is 18.2 Å². The normalized spacial score (nSPS) is 17.6. The first-order valence-electron chi connectivity index (χ1n) is 10.3. The lowest BCUT2D eigenvalue weighted by atomic mass is 9.96. The van der Waals surface area contributed by atoms with Crippen molar-refractivity contribution in [3.8, 4) is 0 Å². The monoisotopic (exact) mass is 461 g/mol. The molecule has 0 fully saturated rings. The van der Waals surface area contributed by atoms with Crippen molar-refractivity contribution in [2.75, 3.05) is 0 Å². The van der Waals surface area contributed by atoms with E-state index in [4.69, 9.17) is 16.6 Å². The topological polar surface area (TPSA) is 234 Å². The fraction of sp³-hybridized carbons (Fsp3) is 0.737. The molecular formula is C19H35N5O8. The number of nitrogens with two attached hydrogens (primary N) is 2. The molecule has 0 aliphatic carbocycles. The lowest BCUT2D eigenvalue weighted by Crippen LogP contribution is -2.61. The zero-order valence-electron chi connectivity index (χ0n) is 18.7. The van der Waals surface area contributed by atoms with Crippen LogP contribution < -0.4 is 27.4 Å². The molecule has 0 aliphatic heterocycles. The van der Waals surface area contributed by atoms with E-state index >= 15 is 0 Å². The molecule has 13 heteroatoms. The Bertz CT molecular complexity index is 685. The van der Waals surface area contributed by atoms with Gasteiger partial charge in [0.25, 0.3) is 0 Å². The molecule has 4 amide bonds. The second kappa shape index (κ2) is 13.6. The van der Waals surface area contributed by atoms with Crippen molar-refractivity contribution in [3.05, 3.63) is 0 Å². The first-order valence-corrected chi connectivity index (χ1v) is 10.3. The van der Waals surface area contributed by atoms with Crippen molar-refractivity contribution in [1.29, 1.82) is 0 Å². The van der Waals surface area contributed by atoms with E-state index in [1.807, 2.05) is 0 Å². The van der Waals surface area contributed by atoms with E-state index in [1.165, 1.54) is 6.92 Å². The second-order valence-electron chi connectivity index (χ2n) is 7.78. The fourth-order valence-corrected chi connectivity index (χ4v) is 2.67. The Morgan fingerprint density at radius 1 is 0.812 bits per heavy atom. The van der Waals surface area contributed by atoms with Crippen LogP contribution in [0.15, 0.2) is 0 Å². The lowest BCUT2D eigenvalue weighted by Gasteiger charge is -2.29. The fourth-order valence-electron chi connectivity index (χ4n) is 2.67. The molecule has 0 saturated carbocycles. The van der Waals surface area contributed by atoms with Gasteiger partial charge in [0.1, 0.15) is 12.1 Å². The molecule has 7 unspecified atom stereocenters. The average Bonchev–Trinajstić information content (AvgIpc) is 2.70. The summed E-state index contributed by atoms with van der Waals surface area (Å²) in [5.41, 5.74) is 10.8. The third-order valence-electron chi connectivity index (χ3n) is 4.94. The number of hydrogen-bond acceptors (Lipinski definition) is 8. The van der Waals surface area contributed by atoms with Gasteiger partial charge in [-0.05, 0) is 26.2 Å². The average molecular weight is 462 g/mol. The number of hydrogen-bond donors (Lipinski definition) is 8. The molecule has 0 spiro atoms. The van der Waals surface area contributed by atoms with Gasteiger partial charge in [0, 0.05) is 6.42 Å². The number of rotatable bonds is 14. The maximum absolute atomic E-state index is 12.8. The van der Waals surface area contributed by atoms with E-state index in [-0.39, 0.29) is 12.8 Å². The molecular weight excluding hydrogens is 426 g/mol. The number of carbonyl (C=O) groups excluding carboxylic acids is 4. The summed E-state index contributed by atoms with van der Waals surface area (Å²) in [6.07, 6.45) is -2.54. The minimum atomic E-state index is -1.66. The Hall–Kier alpha value is -2.77. The number of carbonyl (C=O) groups is 5. The molecule has 0 heterocycles. The molecule has 13 nitrogen and oxygen atoms in total. The van der Waals surface area contributed by atoms with Gasteiger partial charge in [-0.3, -0.25) is 19.2 Å². The number of aliphatic hydroxyl groups is 2. The number of amides is 4. The quantitative estimate of drug-likeness (QED) is 0.131. The minimum Gasteiger partial charge on any atom is -0.480 e. The highest BCUT2D eigenvalue weighted by Crippen LogP contribution is 2.10. The first-order chi connectivity index (χ1) is 14.7. The van der Waals surface area contributed by atoms with Crippen LogP contribution in [0.2, 0.25) is 0 Å². The zero-order chi connectivity index (χ0) is 25.2. The summed E-state index contributed by atoms with van der Waals surface area (Å²) >= 11 is 0. The van der Waals surface area contributed by atoms with E-state index in [0.717, 1.165) is 6.92 Å². The van der Waals surface area contributed by atoms with Crippen LogP contribution in [0.5, 0.6) is 0 Å². The first kappa shape index (κ1) is 29.2. The Balaban J connectivity index is 5.44. The summed E-state index contributed by atoms with van der Waals surface area (Å²) in [5.74, 6) is -5.08. The van der Waals surface area contributed by atoms with Crippen molar-refractivity contribution in [2.24, 2.45) is 17.4 Å². The maximum atomic E-state index is 12.8. The third kappa shape index (κ3) is 9.58. The van der Waals surface area contributed by atoms with Gasteiger partial charge in [-0.25, -0.2) is 4.79 Å². The molecule has 0 aromatic heterocycles. The molecule has 0 saturated heterocycles. The summed E-state index contributed by atoms with van der Waals surface area (Å²) in [7, 11) is 0. The molecule has 0 aliphatic rings. The molecule has 0 radical (unpaired) electrons.